The van der Waals surface area contributed by atoms with Gasteiger partial charge in [0.25, 0.3) is 11.8 Å². The summed E-state index contributed by atoms with van der Waals surface area (Å²) in [5, 5.41) is 2.52. The van der Waals surface area contributed by atoms with Crippen LogP contribution in [0.25, 0.3) is 0 Å². The smallest absolute Gasteiger partial charge is 0.417 e. The average molecular weight is 583 g/mol. The predicted octanol–water partition coefficient (Wildman–Crippen LogP) is 4.37. The van der Waals surface area contributed by atoms with E-state index in [1.165, 1.54) is 25.3 Å². The monoisotopic (exact) mass is 582 g/mol. The van der Waals surface area contributed by atoms with E-state index in [1.807, 2.05) is 7.05 Å². The van der Waals surface area contributed by atoms with E-state index in [9.17, 15) is 31.5 Å². The molecule has 2 aromatic rings. The number of hydrogen-bond acceptors (Lipinski definition) is 6. The number of likely N-dealkylation sites (tertiary alicyclic amines) is 2. The van der Waals surface area contributed by atoms with Gasteiger partial charge in [-0.1, -0.05) is 13.0 Å². The number of nitrogens with one attached hydrogen (secondary N) is 1. The van der Waals surface area contributed by atoms with Crippen molar-refractivity contribution in [2.24, 2.45) is 5.92 Å². The summed E-state index contributed by atoms with van der Waals surface area (Å²) in [5.41, 5.74) is -2.76. The lowest BCUT2D eigenvalue weighted by atomic mass is 9.77. The normalized spacial score (nSPS) is 27.6. The number of amides is 2. The number of methoxy groups -OCH3 is 1. The maximum Gasteiger partial charge on any atom is 0.417 e. The third kappa shape index (κ3) is 4.72. The lowest BCUT2D eigenvalue weighted by Gasteiger charge is -2.51. The summed E-state index contributed by atoms with van der Waals surface area (Å²) in [6, 6.07) is 4.60. The summed E-state index contributed by atoms with van der Waals surface area (Å²) in [6.07, 6.45) is -3.27. The van der Waals surface area contributed by atoms with Crippen molar-refractivity contribution in [2.75, 3.05) is 39.1 Å². The Labute approximate surface area is 233 Å². The number of alkyl halides is 3. The van der Waals surface area contributed by atoms with Gasteiger partial charge in [0.1, 0.15) is 11.8 Å². The van der Waals surface area contributed by atoms with Crippen LogP contribution in [-0.4, -0.2) is 83.8 Å². The molecule has 8 nitrogen and oxygen atoms in total. The molecule has 0 bridgehead atoms. The number of hydrogen-bond donors (Lipinski definition) is 1. The van der Waals surface area contributed by atoms with Crippen LogP contribution in [0.5, 0.6) is 5.75 Å². The highest BCUT2D eigenvalue weighted by molar-refractivity contribution is 5.98. The Hall–Kier alpha value is -3.32. The number of aromatic nitrogens is 1. The topological polar surface area (TPSA) is 84.0 Å². The van der Waals surface area contributed by atoms with Gasteiger partial charge in [-0.2, -0.15) is 17.6 Å². The Morgan fingerprint density at radius 1 is 1.20 bits per heavy atom. The first-order chi connectivity index (χ1) is 19.2. The van der Waals surface area contributed by atoms with Gasteiger partial charge in [-0.05, 0) is 51.6 Å². The van der Waals surface area contributed by atoms with E-state index in [4.69, 9.17) is 9.47 Å². The highest BCUT2D eigenvalue weighted by Gasteiger charge is 2.66. The zero-order valence-electron chi connectivity index (χ0n) is 23.0. The molecule has 4 heterocycles. The predicted molar refractivity (Wildman–Crippen MR) is 138 cm³/mol. The fraction of sp³-hybridized carbons (Fsp3) is 0.536. The Kier molecular flexibility index (Phi) is 7.26. The molecular formula is C28H31F5N4O4. The van der Waals surface area contributed by atoms with Gasteiger partial charge in [-0.15, -0.1) is 0 Å². The standard InChI is InChI=1S/C28H31F5N4O4/c1-15-20(17-6-7-18(29)21(30)22(17)40-4)23(41-26(15,2)28(31,32)33)24(38)35-16-8-10-34-19(12-16)25(39)37-13-27(14-37)9-5-11-36(27)3/h6-8,10,12,15,20,23H,5,9,11,13-14H2,1-4H3,(H,34,35,38)/t15-,20-,23+,26+/m0/s1. The third-order valence-corrected chi connectivity index (χ3v) is 9.02. The van der Waals surface area contributed by atoms with Crippen LogP contribution < -0.4 is 10.1 Å². The van der Waals surface area contributed by atoms with Crippen molar-refractivity contribution < 1.29 is 41.0 Å². The molecular weight excluding hydrogens is 551 g/mol. The molecule has 1 aromatic heterocycles. The zero-order valence-corrected chi connectivity index (χ0v) is 23.0. The van der Waals surface area contributed by atoms with E-state index in [-0.39, 0.29) is 28.4 Å². The first-order valence-electron chi connectivity index (χ1n) is 13.3. The average Bonchev–Trinajstić information content (AvgIpc) is 3.42. The van der Waals surface area contributed by atoms with Crippen molar-refractivity contribution in [2.45, 2.75) is 56.0 Å². The molecule has 0 saturated carbocycles. The molecule has 3 aliphatic heterocycles. The van der Waals surface area contributed by atoms with E-state index in [0.717, 1.165) is 45.6 Å². The summed E-state index contributed by atoms with van der Waals surface area (Å²) in [6.45, 7) is 4.13. The van der Waals surface area contributed by atoms with E-state index in [1.54, 1.807) is 4.90 Å². The number of pyridine rings is 1. The SMILES string of the molecule is COc1c([C@H]2[C@H](C(=O)Nc3ccnc(C(=O)N4CC5(CCCN5C)C4)c3)O[C@@](C)(C(F)(F)F)[C@H]2C)ccc(F)c1F. The number of halogens is 5. The number of nitrogens with zero attached hydrogens (tertiary/aromatic N) is 3. The van der Waals surface area contributed by atoms with Crippen LogP contribution in [0, 0.1) is 17.6 Å². The Bertz CT molecular complexity index is 1370. The van der Waals surface area contributed by atoms with E-state index in [0.29, 0.717) is 13.1 Å². The Balaban J connectivity index is 1.40. The maximum atomic E-state index is 14.6. The highest BCUT2D eigenvalue weighted by atomic mass is 19.4. The van der Waals surface area contributed by atoms with Crippen LogP contribution in [0.15, 0.2) is 30.5 Å². The van der Waals surface area contributed by atoms with Gasteiger partial charge in [0.05, 0.1) is 12.6 Å². The summed E-state index contributed by atoms with van der Waals surface area (Å²) >= 11 is 0. The largest absolute Gasteiger partial charge is 0.493 e. The summed E-state index contributed by atoms with van der Waals surface area (Å²) < 4.78 is 81.5. The first kappa shape index (κ1) is 29.2. The molecule has 1 N–H and O–H groups in total. The quantitative estimate of drug-likeness (QED) is 0.528. The molecule has 41 heavy (non-hydrogen) atoms. The molecule has 2 amide bonds. The van der Waals surface area contributed by atoms with Gasteiger partial charge < -0.3 is 19.7 Å². The number of ether oxygens (including phenoxy) is 2. The number of anilines is 1. The molecule has 0 aliphatic carbocycles. The van der Waals surface area contributed by atoms with Crippen molar-refractivity contribution >= 4 is 17.5 Å². The molecule has 5 rings (SSSR count). The molecule has 0 radical (unpaired) electrons. The van der Waals surface area contributed by atoms with Gasteiger partial charge in [-0.25, -0.2) is 4.39 Å². The zero-order chi connectivity index (χ0) is 29.9. The molecule has 4 atom stereocenters. The Morgan fingerprint density at radius 3 is 2.51 bits per heavy atom. The number of likely N-dealkylation sites (N-methyl/N-ethyl adjacent to an activating group) is 1. The fourth-order valence-electron chi connectivity index (χ4n) is 6.32. The molecule has 222 valence electrons. The van der Waals surface area contributed by atoms with Crippen molar-refractivity contribution in [3.8, 4) is 5.75 Å². The second kappa shape index (κ2) is 10.2. The number of carbonyl (C=O) groups excluding carboxylic acids is 2. The molecule has 13 heteroatoms. The minimum absolute atomic E-state index is 0.0287. The molecule has 3 fully saturated rings. The molecule has 3 saturated heterocycles. The highest BCUT2D eigenvalue weighted by Crippen LogP contribution is 2.55. The van der Waals surface area contributed by atoms with Crippen LogP contribution in [0.1, 0.15) is 48.7 Å². The minimum atomic E-state index is -4.89. The molecule has 1 aromatic carbocycles. The summed E-state index contributed by atoms with van der Waals surface area (Å²) in [5.74, 6) is -7.26. The Morgan fingerprint density at radius 2 is 1.90 bits per heavy atom. The van der Waals surface area contributed by atoms with Gasteiger partial charge in [0, 0.05) is 42.4 Å². The molecule has 0 unspecified atom stereocenters. The lowest BCUT2D eigenvalue weighted by Crippen LogP contribution is -2.68. The van der Waals surface area contributed by atoms with Crippen LogP contribution >= 0.6 is 0 Å². The van der Waals surface area contributed by atoms with Crippen molar-refractivity contribution in [3.05, 3.63) is 53.4 Å². The summed E-state index contributed by atoms with van der Waals surface area (Å²) in [7, 11) is 3.09. The first-order valence-corrected chi connectivity index (χ1v) is 13.3. The minimum Gasteiger partial charge on any atom is -0.493 e. The van der Waals surface area contributed by atoms with Crippen LogP contribution in [0.4, 0.5) is 27.6 Å². The van der Waals surface area contributed by atoms with Crippen LogP contribution in [-0.2, 0) is 9.53 Å². The second-order valence-corrected chi connectivity index (χ2v) is 11.3. The van der Waals surface area contributed by atoms with Gasteiger partial charge in [0.2, 0.25) is 5.82 Å². The second-order valence-electron chi connectivity index (χ2n) is 11.3. The van der Waals surface area contributed by atoms with Gasteiger partial charge in [0.15, 0.2) is 17.2 Å². The third-order valence-electron chi connectivity index (χ3n) is 9.02. The van der Waals surface area contributed by atoms with Crippen LogP contribution in [0.2, 0.25) is 0 Å². The lowest BCUT2D eigenvalue weighted by molar-refractivity contribution is -0.272. The number of carbonyl (C=O) groups is 2. The fourth-order valence-corrected chi connectivity index (χ4v) is 6.32. The van der Waals surface area contributed by atoms with Gasteiger partial charge in [-0.3, -0.25) is 19.5 Å². The van der Waals surface area contributed by atoms with Crippen molar-refractivity contribution in [1.29, 1.82) is 0 Å². The van der Waals surface area contributed by atoms with E-state index in [2.05, 4.69) is 15.2 Å². The molecule has 3 aliphatic rings. The number of rotatable bonds is 5. The van der Waals surface area contributed by atoms with E-state index >= 15 is 0 Å². The van der Waals surface area contributed by atoms with Crippen LogP contribution in [0.3, 0.4) is 0 Å². The van der Waals surface area contributed by atoms with Crippen molar-refractivity contribution in [3.63, 3.8) is 0 Å². The van der Waals surface area contributed by atoms with Gasteiger partial charge >= 0.3 is 6.18 Å². The maximum absolute atomic E-state index is 14.6. The molecule has 1 spiro atoms. The number of benzene rings is 1. The van der Waals surface area contributed by atoms with E-state index < -0.39 is 53.0 Å². The van der Waals surface area contributed by atoms with Crippen molar-refractivity contribution in [1.82, 2.24) is 14.8 Å². The summed E-state index contributed by atoms with van der Waals surface area (Å²) in [4.78, 5) is 34.6.